The molecule has 17 heavy (non-hydrogen) atoms. The van der Waals surface area contributed by atoms with E-state index in [9.17, 15) is 8.42 Å². The largest absolute Gasteiger partial charge is 0.240 e. The van der Waals surface area contributed by atoms with Crippen molar-refractivity contribution in [3.05, 3.63) is 29.8 Å². The molecule has 1 aliphatic rings. The second-order valence-corrected chi connectivity index (χ2v) is 6.77. The Bertz CT molecular complexity index is 501. The summed E-state index contributed by atoms with van der Waals surface area (Å²) < 4.78 is 26.9. The van der Waals surface area contributed by atoms with Gasteiger partial charge in [-0.2, -0.15) is 0 Å². The molecule has 3 nitrogen and oxygen atoms in total. The van der Waals surface area contributed by atoms with Gasteiger partial charge in [-0.15, -0.1) is 11.6 Å². The summed E-state index contributed by atoms with van der Waals surface area (Å²) >= 11 is 6.08. The maximum Gasteiger partial charge on any atom is 0.240 e. The Kier molecular flexibility index (Phi) is 3.76. The summed E-state index contributed by atoms with van der Waals surface area (Å²) in [5.41, 5.74) is 0.932. The van der Waals surface area contributed by atoms with Gasteiger partial charge in [-0.05, 0) is 37.5 Å². The van der Waals surface area contributed by atoms with E-state index < -0.39 is 10.0 Å². The second-order valence-electron chi connectivity index (χ2n) is 4.49. The third-order valence-corrected chi connectivity index (χ3v) is 5.05. The summed E-state index contributed by atoms with van der Waals surface area (Å²) in [7, 11) is -3.43. The molecule has 0 heterocycles. The second kappa shape index (κ2) is 4.96. The fraction of sp³-hybridized carbons (Fsp3) is 0.500. The third kappa shape index (κ3) is 3.00. The average molecular weight is 274 g/mol. The standard InChI is InChI=1S/C12H16ClNO2S/c1-9-4-2-5-10(8-9)17(15,16)14-12-7-3-6-11(12)13/h2,4-5,8,11-12,14H,3,6-7H2,1H3. The molecule has 0 bridgehead atoms. The minimum Gasteiger partial charge on any atom is -0.207 e. The predicted molar refractivity (Wildman–Crippen MR) is 68.8 cm³/mol. The van der Waals surface area contributed by atoms with Crippen LogP contribution in [0.1, 0.15) is 24.8 Å². The molecular weight excluding hydrogens is 258 g/mol. The van der Waals surface area contributed by atoms with Crippen molar-refractivity contribution in [2.75, 3.05) is 0 Å². The Labute approximate surface area is 107 Å². The molecule has 1 fully saturated rings. The molecule has 0 saturated heterocycles. The van der Waals surface area contributed by atoms with Crippen molar-refractivity contribution in [1.82, 2.24) is 4.72 Å². The van der Waals surface area contributed by atoms with Gasteiger partial charge in [0.25, 0.3) is 0 Å². The van der Waals surface area contributed by atoms with E-state index in [0.29, 0.717) is 4.90 Å². The molecule has 1 saturated carbocycles. The number of benzene rings is 1. The Morgan fingerprint density at radius 3 is 2.71 bits per heavy atom. The lowest BCUT2D eigenvalue weighted by Crippen LogP contribution is -2.37. The lowest BCUT2D eigenvalue weighted by atomic mass is 10.2. The maximum absolute atomic E-state index is 12.1. The molecule has 1 aromatic carbocycles. The SMILES string of the molecule is Cc1cccc(S(=O)(=O)NC2CCCC2Cl)c1. The van der Waals surface area contributed by atoms with E-state index >= 15 is 0 Å². The highest BCUT2D eigenvalue weighted by molar-refractivity contribution is 7.89. The zero-order valence-corrected chi connectivity index (χ0v) is 11.3. The molecule has 0 radical (unpaired) electrons. The summed E-state index contributed by atoms with van der Waals surface area (Å²) in [6, 6.07) is 6.76. The molecule has 2 rings (SSSR count). The molecule has 94 valence electrons. The van der Waals surface area contributed by atoms with E-state index in [-0.39, 0.29) is 11.4 Å². The van der Waals surface area contributed by atoms with Gasteiger partial charge in [0.2, 0.25) is 10.0 Å². The molecule has 2 atom stereocenters. The van der Waals surface area contributed by atoms with Gasteiger partial charge in [0, 0.05) is 11.4 Å². The highest BCUT2D eigenvalue weighted by atomic mass is 35.5. The van der Waals surface area contributed by atoms with Gasteiger partial charge < -0.3 is 0 Å². The molecule has 1 aliphatic carbocycles. The van der Waals surface area contributed by atoms with Crippen LogP contribution in [0.4, 0.5) is 0 Å². The van der Waals surface area contributed by atoms with Gasteiger partial charge in [0.15, 0.2) is 0 Å². The summed E-state index contributed by atoms with van der Waals surface area (Å²) in [4.78, 5) is 0.313. The van der Waals surface area contributed by atoms with Crippen LogP contribution in [-0.4, -0.2) is 19.8 Å². The van der Waals surface area contributed by atoms with Crippen molar-refractivity contribution >= 4 is 21.6 Å². The third-order valence-electron chi connectivity index (χ3n) is 3.04. The summed E-state index contributed by atoms with van der Waals surface area (Å²) in [5, 5.41) is -0.0883. The highest BCUT2D eigenvalue weighted by Crippen LogP contribution is 2.25. The average Bonchev–Trinajstić information content (AvgIpc) is 2.64. The Balaban J connectivity index is 2.19. The van der Waals surface area contributed by atoms with Gasteiger partial charge in [0.05, 0.1) is 4.90 Å². The van der Waals surface area contributed by atoms with E-state index in [1.807, 2.05) is 13.0 Å². The number of aryl methyl sites for hydroxylation is 1. The first-order chi connectivity index (χ1) is 7.99. The first kappa shape index (κ1) is 12.9. The van der Waals surface area contributed by atoms with Crippen LogP contribution in [0.3, 0.4) is 0 Å². The van der Waals surface area contributed by atoms with E-state index in [1.54, 1.807) is 18.2 Å². The van der Waals surface area contributed by atoms with E-state index in [2.05, 4.69) is 4.72 Å². The molecule has 2 unspecified atom stereocenters. The van der Waals surface area contributed by atoms with E-state index in [0.717, 1.165) is 24.8 Å². The Hall–Kier alpha value is -0.580. The van der Waals surface area contributed by atoms with Gasteiger partial charge in [-0.3, -0.25) is 0 Å². The summed E-state index contributed by atoms with van der Waals surface area (Å²) in [5.74, 6) is 0. The zero-order chi connectivity index (χ0) is 12.5. The van der Waals surface area contributed by atoms with Crippen LogP contribution in [0, 0.1) is 6.92 Å². The molecule has 0 amide bonds. The van der Waals surface area contributed by atoms with Crippen molar-refractivity contribution in [2.24, 2.45) is 0 Å². The summed E-state index contributed by atoms with van der Waals surface area (Å²) in [6.07, 6.45) is 2.68. The molecule has 1 N–H and O–H groups in total. The highest BCUT2D eigenvalue weighted by Gasteiger charge is 2.29. The number of hydrogen-bond donors (Lipinski definition) is 1. The van der Waals surface area contributed by atoms with Crippen molar-refractivity contribution in [3.8, 4) is 0 Å². The smallest absolute Gasteiger partial charge is 0.207 e. The fourth-order valence-electron chi connectivity index (χ4n) is 2.10. The molecular formula is C12H16ClNO2S. The molecule has 0 aromatic heterocycles. The van der Waals surface area contributed by atoms with Crippen molar-refractivity contribution in [3.63, 3.8) is 0 Å². The Morgan fingerprint density at radius 1 is 1.35 bits per heavy atom. The van der Waals surface area contributed by atoms with Crippen LogP contribution in [0.15, 0.2) is 29.2 Å². The monoisotopic (exact) mass is 273 g/mol. The van der Waals surface area contributed by atoms with Gasteiger partial charge in [-0.25, -0.2) is 13.1 Å². The lowest BCUT2D eigenvalue weighted by molar-refractivity contribution is 0.553. The number of hydrogen-bond acceptors (Lipinski definition) is 2. The van der Waals surface area contributed by atoms with Gasteiger partial charge >= 0.3 is 0 Å². The van der Waals surface area contributed by atoms with Crippen LogP contribution in [0.25, 0.3) is 0 Å². The normalized spacial score (nSPS) is 25.1. The van der Waals surface area contributed by atoms with E-state index in [1.165, 1.54) is 0 Å². The van der Waals surface area contributed by atoms with Crippen molar-refractivity contribution in [1.29, 1.82) is 0 Å². The van der Waals surface area contributed by atoms with Crippen LogP contribution < -0.4 is 4.72 Å². The van der Waals surface area contributed by atoms with Crippen molar-refractivity contribution < 1.29 is 8.42 Å². The number of nitrogens with one attached hydrogen (secondary N) is 1. The zero-order valence-electron chi connectivity index (χ0n) is 9.69. The number of alkyl halides is 1. The minimum atomic E-state index is -3.43. The number of halogens is 1. The van der Waals surface area contributed by atoms with Crippen LogP contribution in [-0.2, 0) is 10.0 Å². The van der Waals surface area contributed by atoms with Crippen LogP contribution in [0.5, 0.6) is 0 Å². The number of sulfonamides is 1. The van der Waals surface area contributed by atoms with Gasteiger partial charge in [-0.1, -0.05) is 18.6 Å². The first-order valence-corrected chi connectivity index (χ1v) is 7.64. The maximum atomic E-state index is 12.1. The first-order valence-electron chi connectivity index (χ1n) is 5.72. The van der Waals surface area contributed by atoms with Gasteiger partial charge in [0.1, 0.15) is 0 Å². The van der Waals surface area contributed by atoms with Crippen LogP contribution >= 0.6 is 11.6 Å². The van der Waals surface area contributed by atoms with Crippen molar-refractivity contribution in [2.45, 2.75) is 42.5 Å². The molecule has 0 aliphatic heterocycles. The molecule has 5 heteroatoms. The minimum absolute atomic E-state index is 0.0883. The van der Waals surface area contributed by atoms with Crippen LogP contribution in [0.2, 0.25) is 0 Å². The fourth-order valence-corrected chi connectivity index (χ4v) is 3.93. The number of rotatable bonds is 3. The summed E-state index contributed by atoms with van der Waals surface area (Å²) in [6.45, 7) is 1.87. The Morgan fingerprint density at radius 2 is 2.12 bits per heavy atom. The lowest BCUT2D eigenvalue weighted by Gasteiger charge is -2.16. The quantitative estimate of drug-likeness (QED) is 0.860. The molecule has 1 aromatic rings. The van der Waals surface area contributed by atoms with E-state index in [4.69, 9.17) is 11.6 Å². The molecule has 0 spiro atoms. The predicted octanol–water partition coefficient (Wildman–Crippen LogP) is 2.43. The topological polar surface area (TPSA) is 46.2 Å².